The van der Waals surface area contributed by atoms with Gasteiger partial charge in [0, 0.05) is 6.42 Å². The molecular formula is C15H17NO4. The highest BCUT2D eigenvalue weighted by atomic mass is 16.5. The van der Waals surface area contributed by atoms with Crippen LogP contribution in [0.2, 0.25) is 0 Å². The van der Waals surface area contributed by atoms with Gasteiger partial charge >= 0.3 is 12.1 Å². The Balaban J connectivity index is 2.38. The topological polar surface area (TPSA) is 75.6 Å². The summed E-state index contributed by atoms with van der Waals surface area (Å²) in [7, 11) is 0. The summed E-state index contributed by atoms with van der Waals surface area (Å²) in [6, 6.07) is 8.17. The van der Waals surface area contributed by atoms with Crippen molar-refractivity contribution in [2.75, 3.05) is 0 Å². The molecule has 2 N–H and O–H groups in total. The van der Waals surface area contributed by atoms with Crippen molar-refractivity contribution in [3.8, 4) is 12.3 Å². The van der Waals surface area contributed by atoms with E-state index in [0.29, 0.717) is 12.8 Å². The summed E-state index contributed by atoms with van der Waals surface area (Å²) in [5.74, 6) is 1.33. The third kappa shape index (κ3) is 5.91. The van der Waals surface area contributed by atoms with E-state index < -0.39 is 18.1 Å². The van der Waals surface area contributed by atoms with Gasteiger partial charge in [-0.05, 0) is 18.4 Å². The molecule has 1 atom stereocenters. The number of carbonyl (C=O) groups is 2. The first-order valence-electron chi connectivity index (χ1n) is 6.27. The van der Waals surface area contributed by atoms with Crippen molar-refractivity contribution in [2.24, 2.45) is 0 Å². The van der Waals surface area contributed by atoms with Crippen LogP contribution >= 0.6 is 0 Å². The van der Waals surface area contributed by atoms with Crippen molar-refractivity contribution in [2.45, 2.75) is 31.9 Å². The second-order valence-electron chi connectivity index (χ2n) is 4.19. The molecule has 0 radical (unpaired) electrons. The summed E-state index contributed by atoms with van der Waals surface area (Å²) in [6.07, 6.45) is 5.64. The number of nitrogens with one attached hydrogen (secondary N) is 1. The standard InChI is InChI=1S/C15H17NO4/c1-2-3-5-10-13(14(17)18)16-15(19)20-11-12-8-6-4-7-9-12/h1,4,6-9,13H,3,5,10-11H2,(H,16,19)(H,17,18). The average Bonchev–Trinajstić information content (AvgIpc) is 2.45. The number of carboxylic acids is 1. The van der Waals surface area contributed by atoms with E-state index in [4.69, 9.17) is 16.3 Å². The lowest BCUT2D eigenvalue weighted by molar-refractivity contribution is -0.139. The number of unbranched alkanes of at least 4 members (excludes halogenated alkanes) is 1. The molecule has 0 aromatic heterocycles. The number of hydrogen-bond donors (Lipinski definition) is 2. The van der Waals surface area contributed by atoms with Crippen LogP contribution in [0.1, 0.15) is 24.8 Å². The Kier molecular flexibility index (Phi) is 6.69. The molecule has 1 aromatic rings. The predicted octanol–water partition coefficient (Wildman–Crippen LogP) is 2.17. The van der Waals surface area contributed by atoms with Gasteiger partial charge in [-0.3, -0.25) is 0 Å². The minimum Gasteiger partial charge on any atom is -0.480 e. The molecule has 0 aliphatic rings. The fourth-order valence-electron chi connectivity index (χ4n) is 1.57. The molecule has 1 aromatic carbocycles. The zero-order valence-corrected chi connectivity index (χ0v) is 11.0. The van der Waals surface area contributed by atoms with E-state index in [1.54, 1.807) is 0 Å². The molecule has 0 spiro atoms. The number of hydrogen-bond acceptors (Lipinski definition) is 3. The second-order valence-corrected chi connectivity index (χ2v) is 4.19. The first-order chi connectivity index (χ1) is 9.63. The van der Waals surface area contributed by atoms with Crippen molar-refractivity contribution in [3.63, 3.8) is 0 Å². The fourth-order valence-corrected chi connectivity index (χ4v) is 1.57. The van der Waals surface area contributed by atoms with Crippen molar-refractivity contribution in [1.82, 2.24) is 5.32 Å². The Morgan fingerprint density at radius 3 is 2.65 bits per heavy atom. The number of carbonyl (C=O) groups excluding carboxylic acids is 1. The number of amides is 1. The highest BCUT2D eigenvalue weighted by molar-refractivity contribution is 5.79. The summed E-state index contributed by atoms with van der Waals surface area (Å²) >= 11 is 0. The van der Waals surface area contributed by atoms with Gasteiger partial charge in [-0.2, -0.15) is 0 Å². The minimum absolute atomic E-state index is 0.101. The third-order valence-corrected chi connectivity index (χ3v) is 2.62. The summed E-state index contributed by atoms with van der Waals surface area (Å²) in [5, 5.41) is 11.3. The second kappa shape index (κ2) is 8.59. The lowest BCUT2D eigenvalue weighted by Gasteiger charge is -2.14. The highest BCUT2D eigenvalue weighted by Gasteiger charge is 2.19. The number of aliphatic carboxylic acids is 1. The first kappa shape index (κ1) is 15.6. The number of carboxylic acid groups (broad SMARTS) is 1. The van der Waals surface area contributed by atoms with Crippen molar-refractivity contribution in [3.05, 3.63) is 35.9 Å². The van der Waals surface area contributed by atoms with Gasteiger partial charge < -0.3 is 15.2 Å². The third-order valence-electron chi connectivity index (χ3n) is 2.62. The van der Waals surface area contributed by atoms with E-state index in [1.807, 2.05) is 30.3 Å². The molecule has 106 valence electrons. The van der Waals surface area contributed by atoms with E-state index in [9.17, 15) is 9.59 Å². The fraction of sp³-hybridized carbons (Fsp3) is 0.333. The smallest absolute Gasteiger partial charge is 0.408 e. The van der Waals surface area contributed by atoms with Gasteiger partial charge in [0.15, 0.2) is 0 Å². The molecule has 0 heterocycles. The van der Waals surface area contributed by atoms with Crippen molar-refractivity contribution >= 4 is 12.1 Å². The number of alkyl carbamates (subject to hydrolysis) is 1. The SMILES string of the molecule is C#CCCCC(NC(=O)OCc1ccccc1)C(=O)O. The minimum atomic E-state index is -1.10. The quantitative estimate of drug-likeness (QED) is 0.590. The molecule has 1 unspecified atom stereocenters. The lowest BCUT2D eigenvalue weighted by Crippen LogP contribution is -2.40. The Bertz CT molecular complexity index is 478. The largest absolute Gasteiger partial charge is 0.480 e. The molecule has 5 heteroatoms. The van der Waals surface area contributed by atoms with Crippen LogP contribution in [-0.2, 0) is 16.1 Å². The Hall–Kier alpha value is -2.48. The van der Waals surface area contributed by atoms with Gasteiger partial charge in [-0.25, -0.2) is 9.59 Å². The number of benzene rings is 1. The molecular weight excluding hydrogens is 258 g/mol. The van der Waals surface area contributed by atoms with Gasteiger partial charge in [0.1, 0.15) is 12.6 Å². The van der Waals surface area contributed by atoms with E-state index in [2.05, 4.69) is 11.2 Å². The summed E-state index contributed by atoms with van der Waals surface area (Å²) in [5.41, 5.74) is 0.835. The molecule has 20 heavy (non-hydrogen) atoms. The monoisotopic (exact) mass is 275 g/mol. The Labute approximate surface area is 117 Å². The molecule has 0 bridgehead atoms. The van der Waals surface area contributed by atoms with Gasteiger partial charge in [-0.15, -0.1) is 12.3 Å². The normalized spacial score (nSPS) is 11.2. The average molecular weight is 275 g/mol. The van der Waals surface area contributed by atoms with Crippen LogP contribution in [0.15, 0.2) is 30.3 Å². The molecule has 0 fully saturated rings. The summed E-state index contributed by atoms with van der Waals surface area (Å²) in [6.45, 7) is 0.101. The Morgan fingerprint density at radius 2 is 2.05 bits per heavy atom. The van der Waals surface area contributed by atoms with Gasteiger partial charge in [0.2, 0.25) is 0 Å². The molecule has 1 rings (SSSR count). The number of terminal acetylenes is 1. The van der Waals surface area contributed by atoms with Gasteiger partial charge in [-0.1, -0.05) is 30.3 Å². The predicted molar refractivity (Wildman–Crippen MR) is 73.9 cm³/mol. The van der Waals surface area contributed by atoms with Gasteiger partial charge in [0.25, 0.3) is 0 Å². The summed E-state index contributed by atoms with van der Waals surface area (Å²) < 4.78 is 4.96. The van der Waals surface area contributed by atoms with Crippen molar-refractivity contribution in [1.29, 1.82) is 0 Å². The van der Waals surface area contributed by atoms with Crippen LogP contribution in [0.4, 0.5) is 4.79 Å². The number of rotatable bonds is 7. The highest BCUT2D eigenvalue weighted by Crippen LogP contribution is 2.03. The lowest BCUT2D eigenvalue weighted by atomic mass is 10.1. The van der Waals surface area contributed by atoms with Crippen LogP contribution in [0.3, 0.4) is 0 Å². The maximum absolute atomic E-state index is 11.5. The van der Waals surface area contributed by atoms with Crippen LogP contribution in [0.25, 0.3) is 0 Å². The van der Waals surface area contributed by atoms with E-state index in [-0.39, 0.29) is 13.0 Å². The molecule has 1 amide bonds. The maximum Gasteiger partial charge on any atom is 0.408 e. The maximum atomic E-state index is 11.5. The van der Waals surface area contributed by atoms with Crippen LogP contribution in [0.5, 0.6) is 0 Å². The Morgan fingerprint density at radius 1 is 1.35 bits per heavy atom. The van der Waals surface area contributed by atoms with Crippen LogP contribution < -0.4 is 5.32 Å². The van der Waals surface area contributed by atoms with E-state index in [0.717, 1.165) is 5.56 Å². The van der Waals surface area contributed by atoms with E-state index >= 15 is 0 Å². The molecule has 0 aliphatic carbocycles. The number of ether oxygens (including phenoxy) is 1. The molecule has 0 aliphatic heterocycles. The van der Waals surface area contributed by atoms with Crippen LogP contribution in [0, 0.1) is 12.3 Å². The van der Waals surface area contributed by atoms with Crippen molar-refractivity contribution < 1.29 is 19.4 Å². The zero-order valence-electron chi connectivity index (χ0n) is 11.0. The summed E-state index contributed by atoms with van der Waals surface area (Å²) in [4.78, 5) is 22.5. The first-order valence-corrected chi connectivity index (χ1v) is 6.27. The molecule has 0 saturated carbocycles. The zero-order chi connectivity index (χ0) is 14.8. The van der Waals surface area contributed by atoms with Crippen LogP contribution in [-0.4, -0.2) is 23.2 Å². The van der Waals surface area contributed by atoms with E-state index in [1.165, 1.54) is 0 Å². The molecule has 5 nitrogen and oxygen atoms in total. The molecule has 0 saturated heterocycles. The van der Waals surface area contributed by atoms with Gasteiger partial charge in [0.05, 0.1) is 0 Å².